The fraction of sp³-hybridized carbons (Fsp3) is 0.316. The van der Waals surface area contributed by atoms with Gasteiger partial charge in [0.15, 0.2) is 5.75 Å². The van der Waals surface area contributed by atoms with E-state index in [1.54, 1.807) is 23.1 Å². The SMILES string of the molecule is COc1ccc(C(=O)N2CCN(Cc3ccc(Cl)cc3Cl)CC2)cc1[N+](=O)[O-]. The largest absolute Gasteiger partial charge is 0.490 e. The van der Waals surface area contributed by atoms with Gasteiger partial charge in [-0.25, -0.2) is 0 Å². The van der Waals surface area contributed by atoms with Gasteiger partial charge in [0, 0.05) is 54.4 Å². The highest BCUT2D eigenvalue weighted by atomic mass is 35.5. The Morgan fingerprint density at radius 1 is 1.14 bits per heavy atom. The first-order chi connectivity index (χ1) is 13.4. The third-order valence-electron chi connectivity index (χ3n) is 4.69. The highest BCUT2D eigenvalue weighted by Crippen LogP contribution is 2.28. The van der Waals surface area contributed by atoms with Crippen molar-refractivity contribution >= 4 is 34.8 Å². The maximum Gasteiger partial charge on any atom is 0.311 e. The molecule has 0 aromatic heterocycles. The molecule has 1 saturated heterocycles. The third kappa shape index (κ3) is 4.55. The molecule has 1 amide bonds. The molecule has 1 fully saturated rings. The van der Waals surface area contributed by atoms with Crippen LogP contribution in [0, 0.1) is 10.1 Å². The van der Waals surface area contributed by atoms with Crippen molar-refractivity contribution in [1.29, 1.82) is 0 Å². The third-order valence-corrected chi connectivity index (χ3v) is 5.28. The molecule has 0 spiro atoms. The van der Waals surface area contributed by atoms with Crippen LogP contribution in [0.4, 0.5) is 5.69 Å². The minimum absolute atomic E-state index is 0.131. The molecule has 0 unspecified atom stereocenters. The number of rotatable bonds is 5. The van der Waals surface area contributed by atoms with E-state index < -0.39 is 4.92 Å². The van der Waals surface area contributed by atoms with Gasteiger partial charge in [0.25, 0.3) is 5.91 Å². The molecule has 1 aliphatic heterocycles. The summed E-state index contributed by atoms with van der Waals surface area (Å²) >= 11 is 12.2. The van der Waals surface area contributed by atoms with Gasteiger partial charge in [0.1, 0.15) is 0 Å². The van der Waals surface area contributed by atoms with Crippen LogP contribution in [0.5, 0.6) is 5.75 Å². The van der Waals surface area contributed by atoms with E-state index in [0.29, 0.717) is 42.8 Å². The molecule has 9 heteroatoms. The fourth-order valence-electron chi connectivity index (χ4n) is 3.15. The van der Waals surface area contributed by atoms with Gasteiger partial charge in [-0.3, -0.25) is 19.8 Å². The topological polar surface area (TPSA) is 75.9 Å². The van der Waals surface area contributed by atoms with Crippen LogP contribution in [0.25, 0.3) is 0 Å². The zero-order valence-corrected chi connectivity index (χ0v) is 16.7. The molecule has 0 bridgehead atoms. The molecule has 0 saturated carbocycles. The summed E-state index contributed by atoms with van der Waals surface area (Å²) in [5.41, 5.74) is 1.04. The van der Waals surface area contributed by atoms with Crippen molar-refractivity contribution in [3.63, 3.8) is 0 Å². The summed E-state index contributed by atoms with van der Waals surface area (Å²) in [6, 6.07) is 9.69. The minimum Gasteiger partial charge on any atom is -0.490 e. The number of hydrogen-bond acceptors (Lipinski definition) is 5. The number of benzene rings is 2. The molecule has 0 N–H and O–H groups in total. The van der Waals surface area contributed by atoms with Crippen molar-refractivity contribution < 1.29 is 14.5 Å². The van der Waals surface area contributed by atoms with E-state index in [4.69, 9.17) is 27.9 Å². The lowest BCUT2D eigenvalue weighted by Gasteiger charge is -2.35. The highest BCUT2D eigenvalue weighted by Gasteiger charge is 2.25. The van der Waals surface area contributed by atoms with Crippen LogP contribution in [0.3, 0.4) is 0 Å². The maximum absolute atomic E-state index is 12.7. The number of carbonyl (C=O) groups is 1. The Morgan fingerprint density at radius 2 is 1.86 bits per heavy atom. The van der Waals surface area contributed by atoms with Crippen LogP contribution in [-0.2, 0) is 6.54 Å². The smallest absolute Gasteiger partial charge is 0.311 e. The van der Waals surface area contributed by atoms with Gasteiger partial charge in [-0.05, 0) is 29.8 Å². The molecular weight excluding hydrogens is 405 g/mol. The van der Waals surface area contributed by atoms with Crippen LogP contribution < -0.4 is 4.74 Å². The lowest BCUT2D eigenvalue weighted by Crippen LogP contribution is -2.48. The molecule has 3 rings (SSSR count). The first-order valence-electron chi connectivity index (χ1n) is 8.67. The van der Waals surface area contributed by atoms with Gasteiger partial charge in [-0.15, -0.1) is 0 Å². The first-order valence-corrected chi connectivity index (χ1v) is 9.42. The van der Waals surface area contributed by atoms with Crippen molar-refractivity contribution in [3.8, 4) is 5.75 Å². The second-order valence-corrected chi connectivity index (χ2v) is 7.29. The molecule has 0 aliphatic carbocycles. The van der Waals surface area contributed by atoms with E-state index in [0.717, 1.165) is 5.56 Å². The molecule has 2 aromatic carbocycles. The molecule has 1 aliphatic rings. The fourth-order valence-corrected chi connectivity index (χ4v) is 3.62. The van der Waals surface area contributed by atoms with E-state index in [2.05, 4.69) is 4.90 Å². The Morgan fingerprint density at radius 3 is 2.46 bits per heavy atom. The van der Waals surface area contributed by atoms with Crippen molar-refractivity contribution in [3.05, 3.63) is 67.7 Å². The Hall–Kier alpha value is -2.35. The molecular formula is C19H19Cl2N3O4. The first kappa shape index (κ1) is 20.4. The lowest BCUT2D eigenvalue weighted by molar-refractivity contribution is -0.385. The quantitative estimate of drug-likeness (QED) is 0.538. The summed E-state index contributed by atoms with van der Waals surface area (Å²) in [4.78, 5) is 27.3. The standard InChI is InChI=1S/C19H19Cl2N3O4/c1-28-18-5-3-13(10-17(18)24(26)27)19(25)23-8-6-22(7-9-23)12-14-2-4-15(20)11-16(14)21/h2-5,10-11H,6-9,12H2,1H3. The Bertz CT molecular complexity index is 899. The normalized spacial score (nSPS) is 14.8. The molecule has 28 heavy (non-hydrogen) atoms. The Balaban J connectivity index is 1.64. The summed E-state index contributed by atoms with van der Waals surface area (Å²) < 4.78 is 4.98. The van der Waals surface area contributed by atoms with Crippen molar-refractivity contribution in [1.82, 2.24) is 9.80 Å². The van der Waals surface area contributed by atoms with Gasteiger partial charge < -0.3 is 9.64 Å². The van der Waals surface area contributed by atoms with E-state index in [1.165, 1.54) is 19.2 Å². The number of halogens is 2. The molecule has 148 valence electrons. The van der Waals surface area contributed by atoms with Gasteiger partial charge in [0.2, 0.25) is 0 Å². The summed E-state index contributed by atoms with van der Waals surface area (Å²) in [6.45, 7) is 3.10. The second-order valence-electron chi connectivity index (χ2n) is 6.45. The number of nitrogens with zero attached hydrogens (tertiary/aromatic N) is 3. The zero-order chi connectivity index (χ0) is 20.3. The average Bonchev–Trinajstić information content (AvgIpc) is 2.69. The average molecular weight is 424 g/mol. The van der Waals surface area contributed by atoms with E-state index in [1.807, 2.05) is 6.07 Å². The van der Waals surface area contributed by atoms with E-state index >= 15 is 0 Å². The number of amides is 1. The summed E-state index contributed by atoms with van der Waals surface area (Å²) in [7, 11) is 1.36. The predicted molar refractivity (Wildman–Crippen MR) is 107 cm³/mol. The Labute approximate surface area is 172 Å². The molecule has 1 heterocycles. The number of hydrogen-bond donors (Lipinski definition) is 0. The van der Waals surface area contributed by atoms with E-state index in [-0.39, 0.29) is 22.9 Å². The Kier molecular flexibility index (Phi) is 6.39. The van der Waals surface area contributed by atoms with Crippen LogP contribution >= 0.6 is 23.2 Å². The van der Waals surface area contributed by atoms with Crippen molar-refractivity contribution in [2.75, 3.05) is 33.3 Å². The molecule has 2 aromatic rings. The monoisotopic (exact) mass is 423 g/mol. The zero-order valence-electron chi connectivity index (χ0n) is 15.2. The molecule has 0 atom stereocenters. The van der Waals surface area contributed by atoms with Crippen LogP contribution in [0.15, 0.2) is 36.4 Å². The number of carbonyl (C=O) groups excluding carboxylic acids is 1. The minimum atomic E-state index is -0.552. The number of methoxy groups -OCH3 is 1. The second kappa shape index (κ2) is 8.77. The van der Waals surface area contributed by atoms with Gasteiger partial charge in [-0.2, -0.15) is 0 Å². The summed E-state index contributed by atoms with van der Waals surface area (Å²) in [5.74, 6) is -0.0962. The van der Waals surface area contributed by atoms with Crippen LogP contribution in [-0.4, -0.2) is 53.9 Å². The molecule has 7 nitrogen and oxygen atoms in total. The van der Waals surface area contributed by atoms with Crippen molar-refractivity contribution in [2.45, 2.75) is 6.54 Å². The number of piperazine rings is 1. The number of nitro groups is 1. The molecule has 0 radical (unpaired) electrons. The van der Waals surface area contributed by atoms with E-state index in [9.17, 15) is 14.9 Å². The summed E-state index contributed by atoms with van der Waals surface area (Å²) in [6.07, 6.45) is 0. The van der Waals surface area contributed by atoms with Gasteiger partial charge >= 0.3 is 5.69 Å². The maximum atomic E-state index is 12.7. The van der Waals surface area contributed by atoms with Crippen molar-refractivity contribution in [2.24, 2.45) is 0 Å². The van der Waals surface area contributed by atoms with Crippen LogP contribution in [0.2, 0.25) is 10.0 Å². The van der Waals surface area contributed by atoms with Gasteiger partial charge in [-0.1, -0.05) is 29.3 Å². The lowest BCUT2D eigenvalue weighted by atomic mass is 10.1. The highest BCUT2D eigenvalue weighted by molar-refractivity contribution is 6.35. The predicted octanol–water partition coefficient (Wildman–Crippen LogP) is 3.87. The number of nitro benzene ring substituents is 1. The van der Waals surface area contributed by atoms with Crippen LogP contribution in [0.1, 0.15) is 15.9 Å². The summed E-state index contributed by atoms with van der Waals surface area (Å²) in [5, 5.41) is 12.4. The van der Waals surface area contributed by atoms with Gasteiger partial charge in [0.05, 0.1) is 12.0 Å². The number of ether oxygens (including phenoxy) is 1.